The van der Waals surface area contributed by atoms with Crippen molar-refractivity contribution in [2.45, 2.75) is 0 Å². The normalized spacial score (nSPS) is 9.71. The molecule has 1 aromatic heterocycles. The summed E-state index contributed by atoms with van der Waals surface area (Å²) in [6.07, 6.45) is 1.44. The minimum Gasteiger partial charge on any atom is -0.433 e. The van der Waals surface area contributed by atoms with E-state index in [4.69, 9.17) is 10.00 Å². The van der Waals surface area contributed by atoms with Crippen molar-refractivity contribution >= 4 is 0 Å². The minimum absolute atomic E-state index is 0.0787. The summed E-state index contributed by atoms with van der Waals surface area (Å²) in [7, 11) is 0. The molecule has 5 heteroatoms. The summed E-state index contributed by atoms with van der Waals surface area (Å²) in [5, 5.41) is 8.53. The predicted molar refractivity (Wildman–Crippen MR) is 55.4 cm³/mol. The molecular formula is C12H6F2N2O. The van der Waals surface area contributed by atoms with Crippen LogP contribution in [0.1, 0.15) is 5.56 Å². The molecule has 0 atom stereocenters. The lowest BCUT2D eigenvalue weighted by Crippen LogP contribution is -1.95. The highest BCUT2D eigenvalue weighted by Gasteiger charge is 2.13. The summed E-state index contributed by atoms with van der Waals surface area (Å²) in [4.78, 5) is 3.78. The van der Waals surface area contributed by atoms with Gasteiger partial charge in [0.25, 0.3) is 0 Å². The van der Waals surface area contributed by atoms with Gasteiger partial charge < -0.3 is 4.74 Å². The molecule has 1 heterocycles. The Balaban J connectivity index is 2.38. The van der Waals surface area contributed by atoms with Crippen LogP contribution >= 0.6 is 0 Å². The van der Waals surface area contributed by atoms with E-state index in [2.05, 4.69) is 4.98 Å². The first-order valence-electron chi connectivity index (χ1n) is 4.69. The molecule has 1 aromatic carbocycles. The van der Waals surface area contributed by atoms with Gasteiger partial charge in [-0.05, 0) is 18.2 Å². The second-order valence-electron chi connectivity index (χ2n) is 3.15. The third kappa shape index (κ3) is 2.37. The third-order valence-electron chi connectivity index (χ3n) is 1.97. The summed E-state index contributed by atoms with van der Waals surface area (Å²) < 4.78 is 31.8. The van der Waals surface area contributed by atoms with E-state index in [1.807, 2.05) is 0 Å². The topological polar surface area (TPSA) is 45.9 Å². The number of hydrogen-bond acceptors (Lipinski definition) is 3. The molecule has 0 saturated carbocycles. The van der Waals surface area contributed by atoms with Crippen molar-refractivity contribution < 1.29 is 13.5 Å². The second kappa shape index (κ2) is 4.58. The Bertz CT molecular complexity index is 556. The van der Waals surface area contributed by atoms with E-state index in [-0.39, 0.29) is 11.4 Å². The number of ether oxygens (including phenoxy) is 1. The van der Waals surface area contributed by atoms with E-state index < -0.39 is 17.4 Å². The molecule has 0 amide bonds. The zero-order chi connectivity index (χ0) is 12.3. The van der Waals surface area contributed by atoms with Gasteiger partial charge in [0, 0.05) is 12.3 Å². The van der Waals surface area contributed by atoms with E-state index in [0.29, 0.717) is 0 Å². The summed E-state index contributed by atoms with van der Waals surface area (Å²) in [5.74, 6) is -2.36. The van der Waals surface area contributed by atoms with Gasteiger partial charge in [0.05, 0.1) is 11.6 Å². The summed E-state index contributed by atoms with van der Waals surface area (Å²) in [6.45, 7) is 0. The van der Waals surface area contributed by atoms with Crippen molar-refractivity contribution in [1.29, 1.82) is 5.26 Å². The standard InChI is InChI=1S/C12H6F2N2O/c13-9-5-8(7-15)6-10(14)12(9)17-11-3-1-2-4-16-11/h1-6H. The highest BCUT2D eigenvalue weighted by atomic mass is 19.1. The van der Waals surface area contributed by atoms with Gasteiger partial charge in [-0.2, -0.15) is 5.26 Å². The van der Waals surface area contributed by atoms with E-state index in [9.17, 15) is 8.78 Å². The first-order valence-corrected chi connectivity index (χ1v) is 4.69. The minimum atomic E-state index is -0.938. The first-order chi connectivity index (χ1) is 8.20. The summed E-state index contributed by atoms with van der Waals surface area (Å²) >= 11 is 0. The second-order valence-corrected chi connectivity index (χ2v) is 3.15. The zero-order valence-electron chi connectivity index (χ0n) is 8.52. The van der Waals surface area contributed by atoms with Crippen LogP contribution in [-0.4, -0.2) is 4.98 Å². The molecule has 0 radical (unpaired) electrons. The molecule has 2 aromatic rings. The number of benzene rings is 1. The van der Waals surface area contributed by atoms with Crippen LogP contribution in [0.2, 0.25) is 0 Å². The Morgan fingerprint density at radius 1 is 1.18 bits per heavy atom. The van der Waals surface area contributed by atoms with Gasteiger partial charge in [0.2, 0.25) is 11.6 Å². The fraction of sp³-hybridized carbons (Fsp3) is 0. The molecule has 0 saturated heterocycles. The third-order valence-corrected chi connectivity index (χ3v) is 1.97. The van der Waals surface area contributed by atoms with E-state index >= 15 is 0 Å². The van der Waals surface area contributed by atoms with Crippen molar-refractivity contribution in [1.82, 2.24) is 4.98 Å². The van der Waals surface area contributed by atoms with Crippen molar-refractivity contribution in [3.8, 4) is 17.7 Å². The SMILES string of the molecule is N#Cc1cc(F)c(Oc2ccccn2)c(F)c1. The van der Waals surface area contributed by atoms with Gasteiger partial charge in [-0.25, -0.2) is 13.8 Å². The Morgan fingerprint density at radius 3 is 2.41 bits per heavy atom. The number of aromatic nitrogens is 1. The Kier molecular flexibility index (Phi) is 2.97. The highest BCUT2D eigenvalue weighted by molar-refractivity contribution is 5.38. The van der Waals surface area contributed by atoms with Crippen LogP contribution in [-0.2, 0) is 0 Å². The number of nitrogens with zero attached hydrogens (tertiary/aromatic N) is 2. The van der Waals surface area contributed by atoms with Crippen LogP contribution in [0.5, 0.6) is 11.6 Å². The quantitative estimate of drug-likeness (QED) is 0.799. The lowest BCUT2D eigenvalue weighted by Gasteiger charge is -2.06. The average Bonchev–Trinajstić information content (AvgIpc) is 2.35. The molecule has 84 valence electrons. The fourth-order valence-electron chi connectivity index (χ4n) is 1.23. The van der Waals surface area contributed by atoms with E-state index in [1.165, 1.54) is 12.3 Å². The van der Waals surface area contributed by atoms with Gasteiger partial charge in [-0.1, -0.05) is 6.07 Å². The molecular weight excluding hydrogens is 226 g/mol. The maximum absolute atomic E-state index is 13.4. The van der Waals surface area contributed by atoms with Crippen LogP contribution in [0, 0.1) is 23.0 Å². The maximum atomic E-state index is 13.4. The Labute approximate surface area is 95.9 Å². The molecule has 0 aliphatic rings. The van der Waals surface area contributed by atoms with E-state index in [0.717, 1.165) is 12.1 Å². The average molecular weight is 232 g/mol. The van der Waals surface area contributed by atoms with Crippen LogP contribution in [0.4, 0.5) is 8.78 Å². The molecule has 0 aliphatic heterocycles. The molecule has 0 spiro atoms. The Morgan fingerprint density at radius 2 is 1.88 bits per heavy atom. The van der Waals surface area contributed by atoms with Gasteiger partial charge in [-0.15, -0.1) is 0 Å². The van der Waals surface area contributed by atoms with Crippen LogP contribution in [0.3, 0.4) is 0 Å². The molecule has 0 N–H and O–H groups in total. The van der Waals surface area contributed by atoms with Crippen LogP contribution < -0.4 is 4.74 Å². The highest BCUT2D eigenvalue weighted by Crippen LogP contribution is 2.27. The molecule has 0 unspecified atom stereocenters. The molecule has 0 bridgehead atoms. The van der Waals surface area contributed by atoms with Crippen molar-refractivity contribution in [3.05, 3.63) is 53.7 Å². The molecule has 3 nitrogen and oxygen atoms in total. The lowest BCUT2D eigenvalue weighted by atomic mass is 10.2. The first kappa shape index (κ1) is 11.0. The van der Waals surface area contributed by atoms with Crippen molar-refractivity contribution in [2.24, 2.45) is 0 Å². The van der Waals surface area contributed by atoms with Gasteiger partial charge in [0.15, 0.2) is 11.6 Å². The predicted octanol–water partition coefficient (Wildman–Crippen LogP) is 3.02. The van der Waals surface area contributed by atoms with Crippen LogP contribution in [0.25, 0.3) is 0 Å². The van der Waals surface area contributed by atoms with Gasteiger partial charge in [0.1, 0.15) is 0 Å². The fourth-order valence-corrected chi connectivity index (χ4v) is 1.23. The Hall–Kier alpha value is -2.48. The summed E-state index contributed by atoms with van der Waals surface area (Å²) in [6, 6.07) is 8.20. The monoisotopic (exact) mass is 232 g/mol. The number of pyridine rings is 1. The van der Waals surface area contributed by atoms with E-state index in [1.54, 1.807) is 18.2 Å². The van der Waals surface area contributed by atoms with Crippen molar-refractivity contribution in [3.63, 3.8) is 0 Å². The lowest BCUT2D eigenvalue weighted by molar-refractivity contribution is 0.395. The largest absolute Gasteiger partial charge is 0.433 e. The molecule has 0 fully saturated rings. The number of nitriles is 1. The summed E-state index contributed by atoms with van der Waals surface area (Å²) in [5.41, 5.74) is -0.103. The van der Waals surface area contributed by atoms with Gasteiger partial charge in [-0.3, -0.25) is 0 Å². The molecule has 2 rings (SSSR count). The number of halogens is 2. The van der Waals surface area contributed by atoms with Crippen LogP contribution in [0.15, 0.2) is 36.5 Å². The maximum Gasteiger partial charge on any atom is 0.219 e. The number of rotatable bonds is 2. The van der Waals surface area contributed by atoms with Gasteiger partial charge >= 0.3 is 0 Å². The zero-order valence-corrected chi connectivity index (χ0v) is 8.52. The molecule has 0 aliphatic carbocycles. The molecule has 17 heavy (non-hydrogen) atoms. The smallest absolute Gasteiger partial charge is 0.219 e. The van der Waals surface area contributed by atoms with Crippen molar-refractivity contribution in [2.75, 3.05) is 0 Å². The number of hydrogen-bond donors (Lipinski definition) is 0.